The second-order valence-electron chi connectivity index (χ2n) is 4.25. The van der Waals surface area contributed by atoms with Crippen LogP contribution in [0, 0.1) is 11.7 Å². The SMILES string of the molecule is CCC1C(N)CC1c1ccc(F)c(Br)c1. The Kier molecular flexibility index (Phi) is 3.12. The summed E-state index contributed by atoms with van der Waals surface area (Å²) in [6, 6.07) is 5.60. The van der Waals surface area contributed by atoms with Crippen LogP contribution in [0.15, 0.2) is 22.7 Å². The molecule has 1 aliphatic rings. The third kappa shape index (κ3) is 1.95. The third-order valence-corrected chi connectivity index (χ3v) is 4.04. The molecular formula is C12H15BrFN. The van der Waals surface area contributed by atoms with E-state index in [2.05, 4.69) is 22.9 Å². The van der Waals surface area contributed by atoms with Crippen LogP contribution < -0.4 is 5.73 Å². The summed E-state index contributed by atoms with van der Waals surface area (Å²) in [5.41, 5.74) is 7.15. The molecule has 1 aromatic carbocycles. The Hall–Kier alpha value is -0.410. The Morgan fingerprint density at radius 3 is 2.80 bits per heavy atom. The molecule has 1 nitrogen and oxygen atoms in total. The smallest absolute Gasteiger partial charge is 0.137 e. The Morgan fingerprint density at radius 1 is 1.53 bits per heavy atom. The van der Waals surface area contributed by atoms with E-state index in [1.165, 1.54) is 11.6 Å². The summed E-state index contributed by atoms with van der Waals surface area (Å²) < 4.78 is 13.6. The van der Waals surface area contributed by atoms with Crippen LogP contribution in [0.1, 0.15) is 31.2 Å². The number of rotatable bonds is 2. The van der Waals surface area contributed by atoms with Crippen LogP contribution in [0.4, 0.5) is 4.39 Å². The van der Waals surface area contributed by atoms with E-state index in [-0.39, 0.29) is 5.82 Å². The number of benzene rings is 1. The van der Waals surface area contributed by atoms with E-state index in [1.54, 1.807) is 0 Å². The summed E-state index contributed by atoms with van der Waals surface area (Å²) in [6.45, 7) is 2.16. The summed E-state index contributed by atoms with van der Waals surface area (Å²) in [5, 5.41) is 0. The molecule has 0 aliphatic heterocycles. The molecule has 1 fully saturated rings. The molecule has 0 aromatic heterocycles. The average molecular weight is 272 g/mol. The lowest BCUT2D eigenvalue weighted by atomic mass is 9.65. The molecular weight excluding hydrogens is 257 g/mol. The van der Waals surface area contributed by atoms with Crippen LogP contribution in [0.5, 0.6) is 0 Å². The van der Waals surface area contributed by atoms with Crippen LogP contribution in [-0.2, 0) is 0 Å². The second-order valence-corrected chi connectivity index (χ2v) is 5.11. The molecule has 0 amide bonds. The monoisotopic (exact) mass is 271 g/mol. The fourth-order valence-electron chi connectivity index (χ4n) is 2.46. The molecule has 0 bridgehead atoms. The van der Waals surface area contributed by atoms with Crippen LogP contribution >= 0.6 is 15.9 Å². The maximum absolute atomic E-state index is 13.1. The van der Waals surface area contributed by atoms with Crippen molar-refractivity contribution >= 4 is 15.9 Å². The Morgan fingerprint density at radius 2 is 2.27 bits per heavy atom. The van der Waals surface area contributed by atoms with E-state index in [1.807, 2.05) is 12.1 Å². The lowest BCUT2D eigenvalue weighted by Crippen LogP contribution is -2.45. The van der Waals surface area contributed by atoms with Crippen molar-refractivity contribution in [1.82, 2.24) is 0 Å². The minimum Gasteiger partial charge on any atom is -0.327 e. The molecule has 82 valence electrons. The van der Waals surface area contributed by atoms with Crippen LogP contribution in [0.3, 0.4) is 0 Å². The first kappa shape index (κ1) is 11.1. The van der Waals surface area contributed by atoms with E-state index in [4.69, 9.17) is 5.73 Å². The van der Waals surface area contributed by atoms with E-state index in [9.17, 15) is 4.39 Å². The molecule has 1 aliphatic carbocycles. The van der Waals surface area contributed by atoms with Gasteiger partial charge in [-0.2, -0.15) is 0 Å². The second kappa shape index (κ2) is 4.22. The standard InChI is InChI=1S/C12H15BrFN/c1-2-8-9(6-12(8)15)7-3-4-11(14)10(13)5-7/h3-5,8-9,12H,2,6,15H2,1H3. The van der Waals surface area contributed by atoms with Gasteiger partial charge in [0, 0.05) is 6.04 Å². The van der Waals surface area contributed by atoms with E-state index < -0.39 is 0 Å². The van der Waals surface area contributed by atoms with Crippen LogP contribution in [-0.4, -0.2) is 6.04 Å². The molecule has 0 spiro atoms. The summed E-state index contributed by atoms with van der Waals surface area (Å²) in [5.74, 6) is 0.875. The van der Waals surface area contributed by atoms with Crippen molar-refractivity contribution in [3.63, 3.8) is 0 Å². The zero-order chi connectivity index (χ0) is 11.0. The van der Waals surface area contributed by atoms with Crippen LogP contribution in [0.2, 0.25) is 0 Å². The highest BCUT2D eigenvalue weighted by molar-refractivity contribution is 9.10. The van der Waals surface area contributed by atoms with Crippen molar-refractivity contribution in [1.29, 1.82) is 0 Å². The predicted molar refractivity (Wildman–Crippen MR) is 63.2 cm³/mol. The first-order valence-electron chi connectivity index (χ1n) is 5.34. The molecule has 15 heavy (non-hydrogen) atoms. The van der Waals surface area contributed by atoms with Gasteiger partial charge in [-0.15, -0.1) is 0 Å². The lowest BCUT2D eigenvalue weighted by Gasteiger charge is -2.42. The Balaban J connectivity index is 2.20. The molecule has 0 heterocycles. The van der Waals surface area contributed by atoms with Gasteiger partial charge in [-0.25, -0.2) is 4.39 Å². The van der Waals surface area contributed by atoms with Gasteiger partial charge < -0.3 is 5.73 Å². The zero-order valence-corrected chi connectivity index (χ0v) is 10.3. The number of halogens is 2. The molecule has 1 saturated carbocycles. The summed E-state index contributed by atoms with van der Waals surface area (Å²) in [4.78, 5) is 0. The topological polar surface area (TPSA) is 26.0 Å². The highest BCUT2D eigenvalue weighted by atomic mass is 79.9. The van der Waals surface area contributed by atoms with Gasteiger partial charge in [0.15, 0.2) is 0 Å². The van der Waals surface area contributed by atoms with Gasteiger partial charge in [-0.05, 0) is 51.9 Å². The van der Waals surface area contributed by atoms with Crippen molar-refractivity contribution < 1.29 is 4.39 Å². The fourth-order valence-corrected chi connectivity index (χ4v) is 2.86. The lowest BCUT2D eigenvalue weighted by molar-refractivity contribution is 0.198. The molecule has 3 heteroatoms. The highest BCUT2D eigenvalue weighted by Gasteiger charge is 2.38. The van der Waals surface area contributed by atoms with Crippen molar-refractivity contribution in [2.75, 3.05) is 0 Å². The normalized spacial score (nSPS) is 30.0. The maximum Gasteiger partial charge on any atom is 0.137 e. The van der Waals surface area contributed by atoms with Gasteiger partial charge in [0.05, 0.1) is 4.47 Å². The molecule has 0 radical (unpaired) electrons. The molecule has 2 rings (SSSR count). The number of hydrogen-bond acceptors (Lipinski definition) is 1. The zero-order valence-electron chi connectivity index (χ0n) is 8.71. The first-order valence-corrected chi connectivity index (χ1v) is 6.13. The molecule has 2 N–H and O–H groups in total. The minimum atomic E-state index is -0.199. The molecule has 3 atom stereocenters. The van der Waals surface area contributed by atoms with Crippen molar-refractivity contribution in [3.05, 3.63) is 34.1 Å². The summed E-state index contributed by atoms with van der Waals surface area (Å²) in [7, 11) is 0. The molecule has 0 saturated heterocycles. The quantitative estimate of drug-likeness (QED) is 0.877. The minimum absolute atomic E-state index is 0.199. The maximum atomic E-state index is 13.1. The molecule has 1 aromatic rings. The van der Waals surface area contributed by atoms with Crippen LogP contribution in [0.25, 0.3) is 0 Å². The van der Waals surface area contributed by atoms with Gasteiger partial charge >= 0.3 is 0 Å². The first-order chi connectivity index (χ1) is 7.13. The van der Waals surface area contributed by atoms with Gasteiger partial charge in [0.2, 0.25) is 0 Å². The van der Waals surface area contributed by atoms with Crippen molar-refractivity contribution in [3.8, 4) is 0 Å². The van der Waals surface area contributed by atoms with E-state index >= 15 is 0 Å². The van der Waals surface area contributed by atoms with Gasteiger partial charge in [-0.3, -0.25) is 0 Å². The third-order valence-electron chi connectivity index (χ3n) is 3.44. The van der Waals surface area contributed by atoms with Gasteiger partial charge in [0.25, 0.3) is 0 Å². The summed E-state index contributed by atoms with van der Waals surface area (Å²) >= 11 is 3.22. The Bertz CT molecular complexity index is 367. The average Bonchev–Trinajstić information content (AvgIpc) is 2.19. The predicted octanol–water partition coefficient (Wildman–Crippen LogP) is 3.43. The van der Waals surface area contributed by atoms with Gasteiger partial charge in [0.1, 0.15) is 5.82 Å². The number of hydrogen-bond donors (Lipinski definition) is 1. The van der Waals surface area contributed by atoms with E-state index in [0.717, 1.165) is 12.8 Å². The highest BCUT2D eigenvalue weighted by Crippen LogP contribution is 2.44. The Labute approximate surface area is 98.0 Å². The number of nitrogens with two attached hydrogens (primary N) is 1. The summed E-state index contributed by atoms with van der Waals surface area (Å²) in [6.07, 6.45) is 2.12. The largest absolute Gasteiger partial charge is 0.327 e. The van der Waals surface area contributed by atoms with Crippen molar-refractivity contribution in [2.45, 2.75) is 31.7 Å². The molecule has 3 unspecified atom stereocenters. The van der Waals surface area contributed by atoms with Gasteiger partial charge in [-0.1, -0.05) is 19.4 Å². The van der Waals surface area contributed by atoms with E-state index in [0.29, 0.717) is 22.4 Å². The van der Waals surface area contributed by atoms with Crippen molar-refractivity contribution in [2.24, 2.45) is 11.7 Å². The fraction of sp³-hybridized carbons (Fsp3) is 0.500.